The molecule has 0 unspecified atom stereocenters. The van der Waals surface area contributed by atoms with E-state index in [0.717, 1.165) is 4.90 Å². The molecule has 5 nitrogen and oxygen atoms in total. The van der Waals surface area contributed by atoms with Gasteiger partial charge in [-0.25, -0.2) is 0 Å². The third kappa shape index (κ3) is 3.00. The van der Waals surface area contributed by atoms with Gasteiger partial charge in [0, 0.05) is 16.3 Å². The van der Waals surface area contributed by atoms with Crippen molar-refractivity contribution >= 4 is 29.2 Å². The first-order valence-electron chi connectivity index (χ1n) is 5.82. The molecule has 1 aromatic carbocycles. The molecule has 0 spiro atoms. The minimum Gasteiger partial charge on any atom is -0.480 e. The number of hydrogen-bond donors (Lipinski definition) is 1. The SMILES string of the molecule is Cc1ccoc1C(=O)N(CC(=O)O)c1cccc(Cl)c1. The summed E-state index contributed by atoms with van der Waals surface area (Å²) in [6, 6.07) is 8.08. The molecule has 2 aromatic rings. The quantitative estimate of drug-likeness (QED) is 0.941. The van der Waals surface area contributed by atoms with E-state index in [1.165, 1.54) is 12.3 Å². The molecule has 20 heavy (non-hydrogen) atoms. The first-order chi connectivity index (χ1) is 9.49. The number of aliphatic carboxylic acids is 1. The van der Waals surface area contributed by atoms with Crippen LogP contribution in [-0.4, -0.2) is 23.5 Å². The molecule has 0 radical (unpaired) electrons. The number of carbonyl (C=O) groups is 2. The fourth-order valence-corrected chi connectivity index (χ4v) is 1.96. The number of benzene rings is 1. The number of carboxylic acid groups (broad SMARTS) is 1. The predicted octanol–water partition coefficient (Wildman–Crippen LogP) is 2.97. The van der Waals surface area contributed by atoms with E-state index in [1.54, 1.807) is 31.2 Å². The van der Waals surface area contributed by atoms with Crippen LogP contribution < -0.4 is 4.90 Å². The third-order valence-electron chi connectivity index (χ3n) is 2.71. The zero-order valence-electron chi connectivity index (χ0n) is 10.7. The minimum absolute atomic E-state index is 0.117. The number of carboxylic acids is 1. The zero-order chi connectivity index (χ0) is 14.7. The van der Waals surface area contributed by atoms with E-state index in [1.807, 2.05) is 0 Å². The molecule has 0 fully saturated rings. The topological polar surface area (TPSA) is 70.8 Å². The van der Waals surface area contributed by atoms with E-state index in [-0.39, 0.29) is 5.76 Å². The van der Waals surface area contributed by atoms with Crippen molar-refractivity contribution < 1.29 is 19.1 Å². The van der Waals surface area contributed by atoms with Gasteiger partial charge in [0.2, 0.25) is 0 Å². The van der Waals surface area contributed by atoms with Crippen molar-refractivity contribution in [2.45, 2.75) is 6.92 Å². The van der Waals surface area contributed by atoms with Crippen LogP contribution in [0.2, 0.25) is 5.02 Å². The Balaban J connectivity index is 2.40. The lowest BCUT2D eigenvalue weighted by Gasteiger charge is -2.20. The number of halogens is 1. The number of anilines is 1. The predicted molar refractivity (Wildman–Crippen MR) is 74.2 cm³/mol. The zero-order valence-corrected chi connectivity index (χ0v) is 11.4. The maximum Gasteiger partial charge on any atom is 0.323 e. The van der Waals surface area contributed by atoms with Crippen LogP contribution in [0.1, 0.15) is 16.1 Å². The average Bonchev–Trinajstić information content (AvgIpc) is 2.81. The summed E-state index contributed by atoms with van der Waals surface area (Å²) in [4.78, 5) is 24.5. The molecule has 0 saturated carbocycles. The van der Waals surface area contributed by atoms with Crippen molar-refractivity contribution in [3.63, 3.8) is 0 Å². The summed E-state index contributed by atoms with van der Waals surface area (Å²) in [5.74, 6) is -1.52. The van der Waals surface area contributed by atoms with Crippen LogP contribution in [0, 0.1) is 6.92 Å². The molecule has 6 heteroatoms. The van der Waals surface area contributed by atoms with Crippen molar-refractivity contribution in [2.75, 3.05) is 11.4 Å². The summed E-state index contributed by atoms with van der Waals surface area (Å²) in [5.41, 5.74) is 1.05. The first-order valence-corrected chi connectivity index (χ1v) is 6.20. The van der Waals surface area contributed by atoms with Crippen molar-refractivity contribution in [3.05, 3.63) is 52.9 Å². The molecule has 1 aromatic heterocycles. The molecule has 1 N–H and O–H groups in total. The first kappa shape index (κ1) is 14.1. The lowest BCUT2D eigenvalue weighted by molar-refractivity contribution is -0.135. The second-order valence-electron chi connectivity index (χ2n) is 4.20. The number of furan rings is 1. The Morgan fingerprint density at radius 3 is 2.65 bits per heavy atom. The molecule has 1 amide bonds. The van der Waals surface area contributed by atoms with Crippen LogP contribution in [0.3, 0.4) is 0 Å². The Bertz CT molecular complexity index is 650. The average molecular weight is 294 g/mol. The standard InChI is InChI=1S/C14H12ClNO4/c1-9-5-6-20-13(9)14(19)16(8-12(17)18)11-4-2-3-10(15)7-11/h2-7H,8H2,1H3,(H,17,18). The molecule has 2 rings (SSSR count). The maximum atomic E-state index is 12.4. The lowest BCUT2D eigenvalue weighted by Crippen LogP contribution is -2.35. The summed E-state index contributed by atoms with van der Waals surface area (Å²) in [6.07, 6.45) is 1.39. The Kier molecular flexibility index (Phi) is 4.10. The monoisotopic (exact) mass is 293 g/mol. The summed E-state index contributed by atoms with van der Waals surface area (Å²) in [7, 11) is 0. The molecule has 0 aliphatic heterocycles. The van der Waals surface area contributed by atoms with Crippen molar-refractivity contribution in [3.8, 4) is 0 Å². The Labute approximate surface area is 120 Å². The number of nitrogens with zero attached hydrogens (tertiary/aromatic N) is 1. The smallest absolute Gasteiger partial charge is 0.323 e. The van der Waals surface area contributed by atoms with E-state index in [9.17, 15) is 9.59 Å². The van der Waals surface area contributed by atoms with Gasteiger partial charge in [-0.1, -0.05) is 17.7 Å². The molecule has 0 bridgehead atoms. The lowest BCUT2D eigenvalue weighted by atomic mass is 10.2. The molecular formula is C14H12ClNO4. The molecule has 0 saturated heterocycles. The summed E-state index contributed by atoms with van der Waals surface area (Å²) in [6.45, 7) is 1.24. The van der Waals surface area contributed by atoms with Crippen LogP contribution >= 0.6 is 11.6 Å². The summed E-state index contributed by atoms with van der Waals surface area (Å²) >= 11 is 5.88. The van der Waals surface area contributed by atoms with Gasteiger partial charge in [-0.2, -0.15) is 0 Å². The molecule has 0 atom stereocenters. The summed E-state index contributed by atoms with van der Waals surface area (Å²) in [5, 5.41) is 9.39. The van der Waals surface area contributed by atoms with Gasteiger partial charge in [0.1, 0.15) is 6.54 Å². The van der Waals surface area contributed by atoms with E-state index >= 15 is 0 Å². The fraction of sp³-hybridized carbons (Fsp3) is 0.143. The van der Waals surface area contributed by atoms with Gasteiger partial charge < -0.3 is 9.52 Å². The fourth-order valence-electron chi connectivity index (χ4n) is 1.77. The molecule has 1 heterocycles. The number of amides is 1. The van der Waals surface area contributed by atoms with E-state index in [4.69, 9.17) is 21.1 Å². The second kappa shape index (κ2) is 5.79. The van der Waals surface area contributed by atoms with E-state index < -0.39 is 18.4 Å². The van der Waals surface area contributed by atoms with Crippen LogP contribution in [-0.2, 0) is 4.79 Å². The largest absolute Gasteiger partial charge is 0.480 e. The highest BCUT2D eigenvalue weighted by atomic mass is 35.5. The number of rotatable bonds is 4. The van der Waals surface area contributed by atoms with Gasteiger partial charge in [-0.3, -0.25) is 14.5 Å². The third-order valence-corrected chi connectivity index (χ3v) is 2.95. The highest BCUT2D eigenvalue weighted by molar-refractivity contribution is 6.31. The van der Waals surface area contributed by atoms with Crippen molar-refractivity contribution in [1.29, 1.82) is 0 Å². The van der Waals surface area contributed by atoms with Crippen LogP contribution in [0.4, 0.5) is 5.69 Å². The number of aryl methyl sites for hydroxylation is 1. The Hall–Kier alpha value is -2.27. The van der Waals surface area contributed by atoms with E-state index in [0.29, 0.717) is 16.3 Å². The normalized spacial score (nSPS) is 10.3. The van der Waals surface area contributed by atoms with Crippen molar-refractivity contribution in [2.24, 2.45) is 0 Å². The van der Waals surface area contributed by atoms with Gasteiger partial charge in [-0.05, 0) is 31.2 Å². The summed E-state index contributed by atoms with van der Waals surface area (Å²) < 4.78 is 5.12. The van der Waals surface area contributed by atoms with Gasteiger partial charge in [0.15, 0.2) is 5.76 Å². The Morgan fingerprint density at radius 2 is 2.10 bits per heavy atom. The van der Waals surface area contributed by atoms with Gasteiger partial charge >= 0.3 is 5.97 Å². The van der Waals surface area contributed by atoms with Crippen LogP contribution in [0.5, 0.6) is 0 Å². The molecule has 0 aliphatic rings. The molecule has 104 valence electrons. The van der Waals surface area contributed by atoms with Crippen LogP contribution in [0.15, 0.2) is 41.0 Å². The van der Waals surface area contributed by atoms with Gasteiger partial charge in [-0.15, -0.1) is 0 Å². The second-order valence-corrected chi connectivity index (χ2v) is 4.63. The highest BCUT2D eigenvalue weighted by Gasteiger charge is 2.24. The molecular weight excluding hydrogens is 282 g/mol. The molecule has 0 aliphatic carbocycles. The Morgan fingerprint density at radius 1 is 1.35 bits per heavy atom. The van der Waals surface area contributed by atoms with Crippen LogP contribution in [0.25, 0.3) is 0 Å². The van der Waals surface area contributed by atoms with Gasteiger partial charge in [0.25, 0.3) is 5.91 Å². The number of carbonyl (C=O) groups excluding carboxylic acids is 1. The van der Waals surface area contributed by atoms with Crippen molar-refractivity contribution in [1.82, 2.24) is 0 Å². The minimum atomic E-state index is -1.12. The number of hydrogen-bond acceptors (Lipinski definition) is 3. The highest BCUT2D eigenvalue weighted by Crippen LogP contribution is 2.22. The van der Waals surface area contributed by atoms with Gasteiger partial charge in [0.05, 0.1) is 6.26 Å². The maximum absolute atomic E-state index is 12.4. The van der Waals surface area contributed by atoms with E-state index in [2.05, 4.69) is 0 Å².